The van der Waals surface area contributed by atoms with Gasteiger partial charge in [0.2, 0.25) is 0 Å². The summed E-state index contributed by atoms with van der Waals surface area (Å²) in [4.78, 5) is 18.0. The Morgan fingerprint density at radius 2 is 2.12 bits per heavy atom. The molecule has 1 aromatic carbocycles. The highest BCUT2D eigenvalue weighted by atomic mass is 32.1. The smallest absolute Gasteiger partial charge is 0.254 e. The highest BCUT2D eigenvalue weighted by Gasteiger charge is 2.17. The first-order valence-electron chi connectivity index (χ1n) is 5.32. The number of thiazole rings is 1. The summed E-state index contributed by atoms with van der Waals surface area (Å²) >= 11 is 1.55. The number of carbonyl (C=O) groups excluding carboxylic acids is 1. The van der Waals surface area contributed by atoms with Crippen LogP contribution in [0.2, 0.25) is 0 Å². The maximum atomic E-state index is 12.1. The van der Waals surface area contributed by atoms with Crippen molar-refractivity contribution in [3.8, 4) is 10.6 Å². The van der Waals surface area contributed by atoms with Crippen molar-refractivity contribution in [3.63, 3.8) is 0 Å². The van der Waals surface area contributed by atoms with Crippen molar-refractivity contribution in [1.82, 2.24) is 9.88 Å². The molecule has 0 saturated carbocycles. The molecule has 2 rings (SSSR count). The highest BCUT2D eigenvalue weighted by Crippen LogP contribution is 2.29. The first kappa shape index (κ1) is 11.8. The van der Waals surface area contributed by atoms with Crippen molar-refractivity contribution < 1.29 is 4.79 Å². The van der Waals surface area contributed by atoms with Gasteiger partial charge in [0, 0.05) is 31.2 Å². The molecule has 0 bridgehead atoms. The number of rotatable bonds is 2. The monoisotopic (exact) mass is 246 g/mol. The Balaban J connectivity index is 2.61. The third-order valence-corrected chi connectivity index (χ3v) is 3.35. The predicted molar refractivity (Wildman–Crippen MR) is 70.3 cm³/mol. The average molecular weight is 246 g/mol. The van der Waals surface area contributed by atoms with Crippen LogP contribution in [0, 0.1) is 6.92 Å². The van der Waals surface area contributed by atoms with Crippen LogP contribution in [0.25, 0.3) is 10.6 Å². The fourth-order valence-corrected chi connectivity index (χ4v) is 2.48. The molecule has 0 spiro atoms. The molecular weight excluding hydrogens is 232 g/mol. The van der Waals surface area contributed by atoms with Gasteiger partial charge in [-0.15, -0.1) is 11.3 Å². The highest BCUT2D eigenvalue weighted by molar-refractivity contribution is 7.13. The van der Waals surface area contributed by atoms with E-state index in [1.54, 1.807) is 36.5 Å². The molecule has 3 nitrogen and oxygen atoms in total. The fourth-order valence-electron chi connectivity index (χ4n) is 1.72. The van der Waals surface area contributed by atoms with Crippen LogP contribution in [-0.2, 0) is 0 Å². The van der Waals surface area contributed by atoms with Crippen molar-refractivity contribution in [1.29, 1.82) is 0 Å². The number of benzene rings is 1. The Bertz CT molecular complexity index is 532. The Morgan fingerprint density at radius 1 is 1.35 bits per heavy atom. The van der Waals surface area contributed by atoms with E-state index >= 15 is 0 Å². The fraction of sp³-hybridized carbons (Fsp3) is 0.231. The van der Waals surface area contributed by atoms with Gasteiger partial charge in [0.25, 0.3) is 5.91 Å². The first-order chi connectivity index (χ1) is 8.11. The Labute approximate surface area is 105 Å². The third-order valence-electron chi connectivity index (χ3n) is 2.56. The predicted octanol–water partition coefficient (Wildman–Crippen LogP) is 2.82. The van der Waals surface area contributed by atoms with Gasteiger partial charge in [0.05, 0.1) is 5.56 Å². The summed E-state index contributed by atoms with van der Waals surface area (Å²) in [5.74, 6) is 0.0129. The largest absolute Gasteiger partial charge is 0.345 e. The van der Waals surface area contributed by atoms with Gasteiger partial charge in [0.1, 0.15) is 5.01 Å². The molecular formula is C13H14N2OS. The lowest BCUT2D eigenvalue weighted by atomic mass is 10.0. The Morgan fingerprint density at radius 3 is 2.71 bits per heavy atom. The van der Waals surface area contributed by atoms with Gasteiger partial charge in [-0.25, -0.2) is 4.98 Å². The molecule has 88 valence electrons. The molecule has 17 heavy (non-hydrogen) atoms. The molecule has 0 fully saturated rings. The second-order valence-electron chi connectivity index (χ2n) is 4.03. The van der Waals surface area contributed by atoms with E-state index in [0.717, 1.165) is 16.1 Å². The van der Waals surface area contributed by atoms with Gasteiger partial charge in [-0.3, -0.25) is 4.79 Å². The molecule has 0 unspecified atom stereocenters. The number of hydrogen-bond donors (Lipinski definition) is 0. The van der Waals surface area contributed by atoms with E-state index in [4.69, 9.17) is 0 Å². The molecule has 1 heterocycles. The Hall–Kier alpha value is -1.68. The van der Waals surface area contributed by atoms with Crippen molar-refractivity contribution in [2.45, 2.75) is 6.92 Å². The van der Waals surface area contributed by atoms with Gasteiger partial charge >= 0.3 is 0 Å². The van der Waals surface area contributed by atoms with Crippen LogP contribution in [0.1, 0.15) is 15.9 Å². The molecule has 0 atom stereocenters. The molecule has 1 aromatic heterocycles. The normalized spacial score (nSPS) is 10.3. The van der Waals surface area contributed by atoms with E-state index in [2.05, 4.69) is 4.98 Å². The molecule has 1 amide bonds. The van der Waals surface area contributed by atoms with Crippen molar-refractivity contribution >= 4 is 17.2 Å². The zero-order valence-electron chi connectivity index (χ0n) is 10.1. The van der Waals surface area contributed by atoms with Crippen molar-refractivity contribution in [2.75, 3.05) is 14.1 Å². The van der Waals surface area contributed by atoms with Crippen LogP contribution in [0.4, 0.5) is 0 Å². The van der Waals surface area contributed by atoms with Crippen LogP contribution >= 0.6 is 11.3 Å². The van der Waals surface area contributed by atoms with Gasteiger partial charge in [-0.05, 0) is 18.6 Å². The maximum absolute atomic E-state index is 12.1. The Kier molecular flexibility index (Phi) is 3.24. The summed E-state index contributed by atoms with van der Waals surface area (Å²) in [7, 11) is 3.52. The van der Waals surface area contributed by atoms with Crippen molar-refractivity contribution in [2.24, 2.45) is 0 Å². The van der Waals surface area contributed by atoms with E-state index in [0.29, 0.717) is 5.56 Å². The minimum atomic E-state index is 0.0129. The first-order valence-corrected chi connectivity index (χ1v) is 6.20. The number of carbonyl (C=O) groups is 1. The topological polar surface area (TPSA) is 33.2 Å². The van der Waals surface area contributed by atoms with Crippen LogP contribution in [0.15, 0.2) is 29.8 Å². The quantitative estimate of drug-likeness (QED) is 0.816. The van der Waals surface area contributed by atoms with Gasteiger partial charge < -0.3 is 4.90 Å². The average Bonchev–Trinajstić information content (AvgIpc) is 2.80. The molecule has 0 N–H and O–H groups in total. The minimum Gasteiger partial charge on any atom is -0.345 e. The second-order valence-corrected chi connectivity index (χ2v) is 4.93. The third kappa shape index (κ3) is 2.22. The maximum Gasteiger partial charge on any atom is 0.254 e. The SMILES string of the molecule is Cc1cccc(C(=O)N(C)C)c1-c1nccs1. The summed E-state index contributed by atoms with van der Waals surface area (Å²) in [5, 5.41) is 2.82. The van der Waals surface area contributed by atoms with Crippen LogP contribution in [-0.4, -0.2) is 29.9 Å². The molecule has 2 aromatic rings. The van der Waals surface area contributed by atoms with Crippen LogP contribution < -0.4 is 0 Å². The summed E-state index contributed by atoms with van der Waals surface area (Å²) in [6, 6.07) is 5.76. The van der Waals surface area contributed by atoms with Crippen LogP contribution in [0.3, 0.4) is 0 Å². The molecule has 0 aliphatic rings. The lowest BCUT2D eigenvalue weighted by Crippen LogP contribution is -2.22. The van der Waals surface area contributed by atoms with E-state index < -0.39 is 0 Å². The minimum absolute atomic E-state index is 0.0129. The van der Waals surface area contributed by atoms with Gasteiger partial charge in [-0.1, -0.05) is 12.1 Å². The summed E-state index contributed by atoms with van der Waals surface area (Å²) < 4.78 is 0. The summed E-state index contributed by atoms with van der Waals surface area (Å²) in [6.07, 6.45) is 1.76. The second kappa shape index (κ2) is 4.67. The van der Waals surface area contributed by atoms with E-state index in [1.807, 2.05) is 30.5 Å². The number of hydrogen-bond acceptors (Lipinski definition) is 3. The number of aromatic nitrogens is 1. The molecule has 4 heteroatoms. The zero-order chi connectivity index (χ0) is 12.4. The lowest BCUT2D eigenvalue weighted by Gasteiger charge is -2.14. The molecule has 0 radical (unpaired) electrons. The van der Waals surface area contributed by atoms with Crippen molar-refractivity contribution in [3.05, 3.63) is 40.9 Å². The number of amides is 1. The van der Waals surface area contributed by atoms with Crippen LogP contribution in [0.5, 0.6) is 0 Å². The van der Waals surface area contributed by atoms with Gasteiger partial charge in [-0.2, -0.15) is 0 Å². The van der Waals surface area contributed by atoms with E-state index in [1.165, 1.54) is 0 Å². The van der Waals surface area contributed by atoms with E-state index in [9.17, 15) is 4.79 Å². The number of aryl methyl sites for hydroxylation is 1. The zero-order valence-corrected chi connectivity index (χ0v) is 10.9. The molecule has 0 aliphatic heterocycles. The lowest BCUT2D eigenvalue weighted by molar-refractivity contribution is 0.0828. The van der Waals surface area contributed by atoms with E-state index in [-0.39, 0.29) is 5.91 Å². The molecule has 0 saturated heterocycles. The van der Waals surface area contributed by atoms with Gasteiger partial charge in [0.15, 0.2) is 0 Å². The number of nitrogens with zero attached hydrogens (tertiary/aromatic N) is 2. The summed E-state index contributed by atoms with van der Waals surface area (Å²) in [6.45, 7) is 2.00. The molecule has 0 aliphatic carbocycles. The standard InChI is InChI=1S/C13H14N2OS/c1-9-5-4-6-10(13(16)15(2)3)11(9)12-14-7-8-17-12/h4-8H,1-3H3. The summed E-state index contributed by atoms with van der Waals surface area (Å²) in [5.41, 5.74) is 2.74.